The molecule has 1 aromatic carbocycles. The number of aromatic nitrogens is 2. The number of rotatable bonds is 2. The Morgan fingerprint density at radius 3 is 2.29 bits per heavy atom. The predicted molar refractivity (Wildman–Crippen MR) is 62.9 cm³/mol. The van der Waals surface area contributed by atoms with Gasteiger partial charge in [0.05, 0.1) is 0 Å². The monoisotopic (exact) mass is 231 g/mol. The summed E-state index contributed by atoms with van der Waals surface area (Å²) in [5.41, 5.74) is 3.62. The van der Waals surface area contributed by atoms with Crippen LogP contribution in [0.4, 0.5) is 5.69 Å². The van der Waals surface area contributed by atoms with Crippen LogP contribution in [0.1, 0.15) is 27.3 Å². The van der Waals surface area contributed by atoms with E-state index in [0.29, 0.717) is 5.69 Å². The molecule has 0 bridgehead atoms. The first-order valence-corrected chi connectivity index (χ1v) is 5.25. The molecule has 0 saturated heterocycles. The van der Waals surface area contributed by atoms with Crippen LogP contribution in [-0.2, 0) is 0 Å². The molecule has 17 heavy (non-hydrogen) atoms. The summed E-state index contributed by atoms with van der Waals surface area (Å²) in [4.78, 5) is 11.8. The molecular weight excluding hydrogens is 218 g/mol. The minimum Gasteiger partial charge on any atom is -0.320 e. The summed E-state index contributed by atoms with van der Waals surface area (Å²) in [5.74, 6) is -0.311. The van der Waals surface area contributed by atoms with Crippen LogP contribution in [-0.4, -0.2) is 16.2 Å². The van der Waals surface area contributed by atoms with E-state index in [1.807, 2.05) is 32.0 Å². The molecule has 0 atom stereocenters. The molecule has 0 aliphatic rings. The highest BCUT2D eigenvalue weighted by atomic mass is 16.6. The van der Waals surface area contributed by atoms with Gasteiger partial charge in [-0.1, -0.05) is 11.2 Å². The van der Waals surface area contributed by atoms with Crippen molar-refractivity contribution in [2.75, 3.05) is 5.32 Å². The Bertz CT molecular complexity index is 540. The molecule has 1 heterocycles. The number of benzene rings is 1. The Labute approximate surface area is 98.8 Å². The van der Waals surface area contributed by atoms with Crippen molar-refractivity contribution < 1.29 is 9.42 Å². The highest BCUT2D eigenvalue weighted by Crippen LogP contribution is 2.15. The third-order valence-electron chi connectivity index (χ3n) is 2.35. The molecule has 1 N–H and O–H groups in total. The van der Waals surface area contributed by atoms with Crippen molar-refractivity contribution >= 4 is 11.6 Å². The third-order valence-corrected chi connectivity index (χ3v) is 2.35. The molecule has 1 aromatic heterocycles. The molecule has 0 spiro atoms. The predicted octanol–water partition coefficient (Wildman–Crippen LogP) is 2.25. The minimum atomic E-state index is -0.311. The number of anilines is 1. The standard InChI is InChI=1S/C12H13N3O2/c1-7-4-8(2)6-10(5-7)13-12(16)11-9(3)14-17-15-11/h4-6H,1-3H3,(H,13,16). The van der Waals surface area contributed by atoms with Crippen LogP contribution in [0, 0.1) is 20.8 Å². The lowest BCUT2D eigenvalue weighted by atomic mass is 10.1. The molecule has 2 aromatic rings. The van der Waals surface area contributed by atoms with Crippen LogP contribution in [0.5, 0.6) is 0 Å². The summed E-state index contributed by atoms with van der Waals surface area (Å²) in [7, 11) is 0. The molecule has 2 rings (SSSR count). The molecule has 0 fully saturated rings. The van der Waals surface area contributed by atoms with E-state index >= 15 is 0 Å². The number of amides is 1. The maximum absolute atomic E-state index is 11.8. The van der Waals surface area contributed by atoms with Crippen molar-refractivity contribution in [2.45, 2.75) is 20.8 Å². The summed E-state index contributed by atoms with van der Waals surface area (Å²) in [5, 5.41) is 9.89. The van der Waals surface area contributed by atoms with Crippen LogP contribution in [0.2, 0.25) is 0 Å². The Morgan fingerprint density at radius 1 is 1.12 bits per heavy atom. The van der Waals surface area contributed by atoms with E-state index in [1.165, 1.54) is 0 Å². The summed E-state index contributed by atoms with van der Waals surface area (Å²) >= 11 is 0. The van der Waals surface area contributed by atoms with Crippen LogP contribution < -0.4 is 5.32 Å². The smallest absolute Gasteiger partial charge is 0.279 e. The van der Waals surface area contributed by atoms with Gasteiger partial charge >= 0.3 is 0 Å². The SMILES string of the molecule is Cc1cc(C)cc(NC(=O)c2nonc2C)c1. The largest absolute Gasteiger partial charge is 0.320 e. The van der Waals surface area contributed by atoms with Gasteiger partial charge in [0.1, 0.15) is 5.69 Å². The van der Waals surface area contributed by atoms with E-state index in [9.17, 15) is 4.79 Å². The molecule has 0 saturated carbocycles. The van der Waals surface area contributed by atoms with Crippen molar-refractivity contribution in [1.82, 2.24) is 10.3 Å². The molecule has 5 nitrogen and oxygen atoms in total. The lowest BCUT2D eigenvalue weighted by molar-refractivity contribution is 0.101. The van der Waals surface area contributed by atoms with Crippen molar-refractivity contribution in [1.29, 1.82) is 0 Å². The van der Waals surface area contributed by atoms with Gasteiger partial charge in [0.2, 0.25) is 0 Å². The van der Waals surface area contributed by atoms with Gasteiger partial charge < -0.3 is 5.32 Å². The van der Waals surface area contributed by atoms with Gasteiger partial charge in [-0.2, -0.15) is 0 Å². The van der Waals surface area contributed by atoms with Gasteiger partial charge in [0.25, 0.3) is 5.91 Å². The molecule has 5 heteroatoms. The maximum atomic E-state index is 11.8. The van der Waals surface area contributed by atoms with Gasteiger partial charge in [-0.3, -0.25) is 4.79 Å². The summed E-state index contributed by atoms with van der Waals surface area (Å²) in [6, 6.07) is 5.83. The lowest BCUT2D eigenvalue weighted by Gasteiger charge is -2.05. The zero-order valence-electron chi connectivity index (χ0n) is 9.94. The van der Waals surface area contributed by atoms with Gasteiger partial charge in [0.15, 0.2) is 5.69 Å². The van der Waals surface area contributed by atoms with Crippen molar-refractivity contribution in [3.05, 3.63) is 40.7 Å². The fourth-order valence-electron chi connectivity index (χ4n) is 1.67. The molecule has 0 aliphatic carbocycles. The summed E-state index contributed by atoms with van der Waals surface area (Å²) in [6.45, 7) is 5.63. The van der Waals surface area contributed by atoms with Gasteiger partial charge in [-0.05, 0) is 49.2 Å². The first kappa shape index (κ1) is 11.3. The lowest BCUT2D eigenvalue weighted by Crippen LogP contribution is -2.13. The second-order valence-corrected chi connectivity index (χ2v) is 4.03. The third kappa shape index (κ3) is 2.50. The zero-order chi connectivity index (χ0) is 12.4. The Kier molecular flexibility index (Phi) is 2.91. The van der Waals surface area contributed by atoms with E-state index in [2.05, 4.69) is 20.3 Å². The van der Waals surface area contributed by atoms with Crippen molar-refractivity contribution in [2.24, 2.45) is 0 Å². The number of hydrogen-bond donors (Lipinski definition) is 1. The number of carbonyl (C=O) groups is 1. The molecular formula is C12H13N3O2. The summed E-state index contributed by atoms with van der Waals surface area (Å²) < 4.78 is 4.49. The van der Waals surface area contributed by atoms with Crippen molar-refractivity contribution in [3.63, 3.8) is 0 Å². The Morgan fingerprint density at radius 2 is 1.76 bits per heavy atom. The number of hydrogen-bond acceptors (Lipinski definition) is 4. The number of nitrogens with one attached hydrogen (secondary N) is 1. The van der Waals surface area contributed by atoms with Crippen LogP contribution >= 0.6 is 0 Å². The second kappa shape index (κ2) is 4.37. The highest BCUT2D eigenvalue weighted by Gasteiger charge is 2.15. The minimum absolute atomic E-state index is 0.212. The molecule has 88 valence electrons. The number of carbonyl (C=O) groups excluding carboxylic acids is 1. The maximum Gasteiger partial charge on any atom is 0.279 e. The van der Waals surface area contributed by atoms with E-state index in [0.717, 1.165) is 16.8 Å². The van der Waals surface area contributed by atoms with E-state index in [-0.39, 0.29) is 11.6 Å². The average Bonchev–Trinajstić information content (AvgIpc) is 2.62. The number of nitrogens with zero attached hydrogens (tertiary/aromatic N) is 2. The molecule has 0 aliphatic heterocycles. The normalized spacial score (nSPS) is 10.3. The van der Waals surface area contributed by atoms with Gasteiger partial charge in [0, 0.05) is 5.69 Å². The van der Waals surface area contributed by atoms with Crippen LogP contribution in [0.25, 0.3) is 0 Å². The average molecular weight is 231 g/mol. The Hall–Kier alpha value is -2.17. The quantitative estimate of drug-likeness (QED) is 0.860. The second-order valence-electron chi connectivity index (χ2n) is 4.03. The first-order chi connectivity index (χ1) is 8.06. The zero-order valence-corrected chi connectivity index (χ0v) is 9.94. The van der Waals surface area contributed by atoms with Crippen LogP contribution in [0.15, 0.2) is 22.8 Å². The van der Waals surface area contributed by atoms with E-state index in [1.54, 1.807) is 6.92 Å². The highest BCUT2D eigenvalue weighted by molar-refractivity contribution is 6.03. The van der Waals surface area contributed by atoms with Crippen molar-refractivity contribution in [3.8, 4) is 0 Å². The first-order valence-electron chi connectivity index (χ1n) is 5.25. The Balaban J connectivity index is 2.21. The number of aryl methyl sites for hydroxylation is 3. The summed E-state index contributed by atoms with van der Waals surface area (Å²) in [6.07, 6.45) is 0. The molecule has 0 radical (unpaired) electrons. The van der Waals surface area contributed by atoms with Crippen LogP contribution in [0.3, 0.4) is 0 Å². The fraction of sp³-hybridized carbons (Fsp3) is 0.250. The topological polar surface area (TPSA) is 68.0 Å². The fourth-order valence-corrected chi connectivity index (χ4v) is 1.67. The van der Waals surface area contributed by atoms with Gasteiger partial charge in [-0.25, -0.2) is 4.63 Å². The van der Waals surface area contributed by atoms with E-state index in [4.69, 9.17) is 0 Å². The molecule has 1 amide bonds. The molecule has 0 unspecified atom stereocenters. The van der Waals surface area contributed by atoms with E-state index < -0.39 is 0 Å². The van der Waals surface area contributed by atoms with Gasteiger partial charge in [-0.15, -0.1) is 0 Å².